The van der Waals surface area contributed by atoms with E-state index in [1.807, 2.05) is 31.2 Å². The quantitative estimate of drug-likeness (QED) is 0.910. The highest BCUT2D eigenvalue weighted by molar-refractivity contribution is 6.06. The van der Waals surface area contributed by atoms with Gasteiger partial charge in [0.1, 0.15) is 0 Å². The maximum absolute atomic E-state index is 12.3. The van der Waals surface area contributed by atoms with Gasteiger partial charge in [0.15, 0.2) is 0 Å². The first-order valence-corrected chi connectivity index (χ1v) is 7.28. The number of anilines is 1. The fourth-order valence-corrected chi connectivity index (χ4v) is 2.24. The molecule has 0 saturated carbocycles. The highest BCUT2D eigenvalue weighted by Gasteiger charge is 2.12. The van der Waals surface area contributed by atoms with Gasteiger partial charge in [0.2, 0.25) is 0 Å². The summed E-state index contributed by atoms with van der Waals surface area (Å²) in [5.74, 6) is -0.347. The maximum Gasteiger partial charge on any atom is 0.255 e. The summed E-state index contributed by atoms with van der Waals surface area (Å²) in [5, 5.41) is 5.46. The predicted molar refractivity (Wildman–Crippen MR) is 88.3 cm³/mol. The average molecular weight is 296 g/mol. The van der Waals surface area contributed by atoms with Crippen molar-refractivity contribution in [3.05, 3.63) is 64.7 Å². The van der Waals surface area contributed by atoms with Gasteiger partial charge < -0.3 is 10.6 Å². The Morgan fingerprint density at radius 1 is 1.00 bits per heavy atom. The molecule has 0 atom stereocenters. The van der Waals surface area contributed by atoms with Crippen molar-refractivity contribution >= 4 is 17.5 Å². The SMILES string of the molecule is CCc1ccc(C(=O)Nc2cccc(C(=O)NC)c2C)cc1. The lowest BCUT2D eigenvalue weighted by molar-refractivity contribution is 0.0960. The van der Waals surface area contributed by atoms with Crippen molar-refractivity contribution in [2.45, 2.75) is 20.3 Å². The molecule has 0 aliphatic rings. The van der Waals surface area contributed by atoms with Gasteiger partial charge in [-0.3, -0.25) is 9.59 Å². The van der Waals surface area contributed by atoms with Crippen molar-refractivity contribution < 1.29 is 9.59 Å². The summed E-state index contributed by atoms with van der Waals surface area (Å²) in [7, 11) is 1.59. The number of carbonyl (C=O) groups is 2. The van der Waals surface area contributed by atoms with Crippen molar-refractivity contribution in [2.24, 2.45) is 0 Å². The fraction of sp³-hybridized carbons (Fsp3) is 0.222. The van der Waals surface area contributed by atoms with Crippen LogP contribution in [0, 0.1) is 6.92 Å². The van der Waals surface area contributed by atoms with Crippen LogP contribution >= 0.6 is 0 Å². The number of nitrogens with one attached hydrogen (secondary N) is 2. The van der Waals surface area contributed by atoms with E-state index in [-0.39, 0.29) is 11.8 Å². The third-order valence-corrected chi connectivity index (χ3v) is 3.68. The molecule has 2 aromatic carbocycles. The van der Waals surface area contributed by atoms with Gasteiger partial charge in [-0.15, -0.1) is 0 Å². The van der Waals surface area contributed by atoms with Crippen LogP contribution < -0.4 is 10.6 Å². The summed E-state index contributed by atoms with van der Waals surface area (Å²) in [6, 6.07) is 12.8. The summed E-state index contributed by atoms with van der Waals surface area (Å²) >= 11 is 0. The molecule has 0 saturated heterocycles. The highest BCUT2D eigenvalue weighted by Crippen LogP contribution is 2.20. The number of carbonyl (C=O) groups excluding carboxylic acids is 2. The zero-order valence-electron chi connectivity index (χ0n) is 13.1. The van der Waals surface area contributed by atoms with Crippen LogP contribution in [0.25, 0.3) is 0 Å². The van der Waals surface area contributed by atoms with Crippen LogP contribution in [-0.2, 0) is 6.42 Å². The summed E-state index contributed by atoms with van der Waals surface area (Å²) in [5.41, 5.74) is 3.74. The van der Waals surface area contributed by atoms with E-state index >= 15 is 0 Å². The lowest BCUT2D eigenvalue weighted by Gasteiger charge is -2.12. The highest BCUT2D eigenvalue weighted by atomic mass is 16.2. The Kier molecular flexibility index (Phi) is 4.94. The Hall–Kier alpha value is -2.62. The third kappa shape index (κ3) is 3.34. The normalized spacial score (nSPS) is 10.1. The zero-order chi connectivity index (χ0) is 16.1. The van der Waals surface area contributed by atoms with Crippen molar-refractivity contribution in [3.8, 4) is 0 Å². The van der Waals surface area contributed by atoms with Crippen LogP contribution in [0.3, 0.4) is 0 Å². The number of benzene rings is 2. The molecule has 2 amide bonds. The van der Waals surface area contributed by atoms with E-state index in [9.17, 15) is 9.59 Å². The summed E-state index contributed by atoms with van der Waals surface area (Å²) in [4.78, 5) is 24.1. The second kappa shape index (κ2) is 6.89. The lowest BCUT2D eigenvalue weighted by Crippen LogP contribution is -2.20. The summed E-state index contributed by atoms with van der Waals surface area (Å²) in [6.07, 6.45) is 0.940. The molecule has 0 heterocycles. The van der Waals surface area contributed by atoms with E-state index in [2.05, 4.69) is 17.6 Å². The lowest BCUT2D eigenvalue weighted by atomic mass is 10.1. The molecule has 0 spiro atoms. The van der Waals surface area contributed by atoms with E-state index in [1.54, 1.807) is 25.2 Å². The Morgan fingerprint density at radius 2 is 1.68 bits per heavy atom. The van der Waals surface area contributed by atoms with Gasteiger partial charge in [-0.1, -0.05) is 25.1 Å². The second-order valence-electron chi connectivity index (χ2n) is 5.06. The molecule has 2 N–H and O–H groups in total. The van der Waals surface area contributed by atoms with Crippen molar-refractivity contribution in [1.82, 2.24) is 5.32 Å². The topological polar surface area (TPSA) is 58.2 Å². The molecule has 2 aromatic rings. The van der Waals surface area contributed by atoms with Crippen LogP contribution in [0.2, 0.25) is 0 Å². The number of rotatable bonds is 4. The Bertz CT molecular complexity index is 691. The minimum atomic E-state index is -0.181. The number of amides is 2. The molecule has 0 aromatic heterocycles. The molecule has 4 heteroatoms. The molecule has 22 heavy (non-hydrogen) atoms. The largest absolute Gasteiger partial charge is 0.355 e. The standard InChI is InChI=1S/C18H20N2O2/c1-4-13-8-10-14(11-9-13)17(21)20-16-7-5-6-15(12(16)2)18(22)19-3/h5-11H,4H2,1-3H3,(H,19,22)(H,20,21). The van der Waals surface area contributed by atoms with Crippen LogP contribution in [0.4, 0.5) is 5.69 Å². The van der Waals surface area contributed by atoms with Crippen LogP contribution in [0.5, 0.6) is 0 Å². The molecular weight excluding hydrogens is 276 g/mol. The molecule has 114 valence electrons. The second-order valence-corrected chi connectivity index (χ2v) is 5.06. The Balaban J connectivity index is 2.22. The van der Waals surface area contributed by atoms with E-state index in [4.69, 9.17) is 0 Å². The molecule has 0 bridgehead atoms. The van der Waals surface area contributed by atoms with Crippen LogP contribution in [-0.4, -0.2) is 18.9 Å². The molecule has 4 nitrogen and oxygen atoms in total. The van der Waals surface area contributed by atoms with Gasteiger partial charge in [0, 0.05) is 23.9 Å². The molecule has 0 fully saturated rings. The monoisotopic (exact) mass is 296 g/mol. The maximum atomic E-state index is 12.3. The fourth-order valence-electron chi connectivity index (χ4n) is 2.24. The van der Waals surface area contributed by atoms with E-state index in [1.165, 1.54) is 5.56 Å². The van der Waals surface area contributed by atoms with Gasteiger partial charge in [-0.2, -0.15) is 0 Å². The Morgan fingerprint density at radius 3 is 2.27 bits per heavy atom. The van der Waals surface area contributed by atoms with Crippen molar-refractivity contribution in [2.75, 3.05) is 12.4 Å². The number of hydrogen-bond acceptors (Lipinski definition) is 2. The molecular formula is C18H20N2O2. The van der Waals surface area contributed by atoms with E-state index < -0.39 is 0 Å². The van der Waals surface area contributed by atoms with Gasteiger partial charge in [-0.05, 0) is 48.7 Å². The van der Waals surface area contributed by atoms with Crippen molar-refractivity contribution in [3.63, 3.8) is 0 Å². The van der Waals surface area contributed by atoms with Crippen molar-refractivity contribution in [1.29, 1.82) is 0 Å². The summed E-state index contributed by atoms with van der Waals surface area (Å²) in [6.45, 7) is 3.89. The molecule has 0 aliphatic heterocycles. The third-order valence-electron chi connectivity index (χ3n) is 3.68. The summed E-state index contributed by atoms with van der Waals surface area (Å²) < 4.78 is 0. The first-order chi connectivity index (χ1) is 10.6. The molecule has 0 aliphatic carbocycles. The molecule has 0 radical (unpaired) electrons. The Labute approximate surface area is 130 Å². The zero-order valence-corrected chi connectivity index (χ0v) is 13.1. The average Bonchev–Trinajstić information content (AvgIpc) is 2.56. The predicted octanol–water partition coefficient (Wildman–Crippen LogP) is 3.17. The first-order valence-electron chi connectivity index (χ1n) is 7.28. The smallest absolute Gasteiger partial charge is 0.255 e. The van der Waals surface area contributed by atoms with Gasteiger partial charge >= 0.3 is 0 Å². The van der Waals surface area contributed by atoms with E-state index in [0.717, 1.165) is 12.0 Å². The van der Waals surface area contributed by atoms with Gasteiger partial charge in [0.05, 0.1) is 0 Å². The number of aryl methyl sites for hydroxylation is 1. The molecule has 0 unspecified atom stereocenters. The van der Waals surface area contributed by atoms with Crippen LogP contribution in [0.15, 0.2) is 42.5 Å². The van der Waals surface area contributed by atoms with E-state index in [0.29, 0.717) is 16.8 Å². The molecule has 2 rings (SSSR count). The minimum absolute atomic E-state index is 0.166. The van der Waals surface area contributed by atoms with Gasteiger partial charge in [0.25, 0.3) is 11.8 Å². The first kappa shape index (κ1) is 15.8. The van der Waals surface area contributed by atoms with Crippen LogP contribution in [0.1, 0.15) is 38.8 Å². The number of hydrogen-bond donors (Lipinski definition) is 2. The minimum Gasteiger partial charge on any atom is -0.355 e. The van der Waals surface area contributed by atoms with Gasteiger partial charge in [-0.25, -0.2) is 0 Å².